The van der Waals surface area contributed by atoms with Gasteiger partial charge in [0.25, 0.3) is 0 Å². The van der Waals surface area contributed by atoms with Crippen LogP contribution >= 0.6 is 0 Å². The van der Waals surface area contributed by atoms with E-state index in [1.165, 1.54) is 44.5 Å². The first-order valence-corrected chi connectivity index (χ1v) is 8.59. The van der Waals surface area contributed by atoms with E-state index in [1.54, 1.807) is 0 Å². The van der Waals surface area contributed by atoms with Crippen molar-refractivity contribution in [3.05, 3.63) is 96.2 Å². The van der Waals surface area contributed by atoms with E-state index in [-0.39, 0.29) is 0 Å². The van der Waals surface area contributed by atoms with Gasteiger partial charge < -0.3 is 4.57 Å². The Morgan fingerprint density at radius 2 is 1.36 bits per heavy atom. The average molecular weight is 323 g/mol. The summed E-state index contributed by atoms with van der Waals surface area (Å²) >= 11 is 0. The molecule has 1 aromatic heterocycles. The van der Waals surface area contributed by atoms with Crippen molar-refractivity contribution in [2.45, 2.75) is 13.8 Å². The molecule has 1 heterocycles. The van der Waals surface area contributed by atoms with Crippen molar-refractivity contribution in [3.63, 3.8) is 0 Å². The summed E-state index contributed by atoms with van der Waals surface area (Å²) in [5.41, 5.74) is 8.60. The predicted octanol–water partition coefficient (Wildman–Crippen LogP) is 6.56. The van der Waals surface area contributed by atoms with E-state index in [2.05, 4.69) is 97.8 Å². The van der Waals surface area contributed by atoms with Gasteiger partial charge in [0.15, 0.2) is 0 Å². The summed E-state index contributed by atoms with van der Waals surface area (Å²) in [5.74, 6) is 0. The van der Waals surface area contributed by atoms with E-state index in [1.807, 2.05) is 6.08 Å². The van der Waals surface area contributed by atoms with Gasteiger partial charge in [-0.1, -0.05) is 72.8 Å². The molecule has 4 aromatic rings. The molecule has 0 saturated heterocycles. The number of hydrogen-bond donors (Lipinski definition) is 0. The van der Waals surface area contributed by atoms with Crippen LogP contribution in [0.1, 0.15) is 16.8 Å². The van der Waals surface area contributed by atoms with Crippen LogP contribution in [0.3, 0.4) is 0 Å². The lowest BCUT2D eigenvalue weighted by Crippen LogP contribution is -1.96. The number of rotatable bonds is 3. The molecule has 1 nitrogen and oxygen atoms in total. The largest absolute Gasteiger partial charge is 0.313 e. The zero-order valence-corrected chi connectivity index (χ0v) is 14.7. The van der Waals surface area contributed by atoms with Crippen LogP contribution in [0.4, 0.5) is 0 Å². The minimum absolute atomic E-state index is 1.18. The van der Waals surface area contributed by atoms with Crippen molar-refractivity contribution in [1.29, 1.82) is 0 Å². The van der Waals surface area contributed by atoms with E-state index < -0.39 is 0 Å². The fourth-order valence-electron chi connectivity index (χ4n) is 3.53. The molecule has 1 heteroatoms. The first kappa shape index (κ1) is 15.5. The van der Waals surface area contributed by atoms with Crippen LogP contribution in [-0.2, 0) is 0 Å². The third kappa shape index (κ3) is 2.58. The van der Waals surface area contributed by atoms with Gasteiger partial charge in [-0.25, -0.2) is 0 Å². The zero-order chi connectivity index (χ0) is 17.4. The van der Waals surface area contributed by atoms with Crippen LogP contribution in [0.25, 0.3) is 33.8 Å². The molecule has 0 saturated carbocycles. The van der Waals surface area contributed by atoms with Gasteiger partial charge in [0.1, 0.15) is 0 Å². The fourth-order valence-corrected chi connectivity index (χ4v) is 3.53. The summed E-state index contributed by atoms with van der Waals surface area (Å²) in [5, 5.41) is 1.25. The standard InChI is InChI=1S/C24H21N/c1-4-22-18(3)25(24-8-6-5-7-23(22)24)21-15-13-20(14-16-21)19-11-9-17(2)10-12-19/h4-16H,1H2,2-3H3. The van der Waals surface area contributed by atoms with Crippen LogP contribution in [0, 0.1) is 13.8 Å². The molecule has 0 aliphatic rings. The summed E-state index contributed by atoms with van der Waals surface area (Å²) in [6, 6.07) is 26.0. The van der Waals surface area contributed by atoms with Gasteiger partial charge >= 0.3 is 0 Å². The smallest absolute Gasteiger partial charge is 0.0537 e. The maximum atomic E-state index is 4.00. The average Bonchev–Trinajstić information content (AvgIpc) is 2.94. The van der Waals surface area contributed by atoms with Crippen molar-refractivity contribution in [2.75, 3.05) is 0 Å². The molecule has 0 fully saturated rings. The second-order valence-electron chi connectivity index (χ2n) is 6.47. The Balaban J connectivity index is 1.83. The zero-order valence-electron chi connectivity index (χ0n) is 14.7. The molecule has 0 spiro atoms. The maximum absolute atomic E-state index is 4.00. The number of para-hydroxylation sites is 1. The minimum Gasteiger partial charge on any atom is -0.313 e. The van der Waals surface area contributed by atoms with Crippen molar-refractivity contribution in [3.8, 4) is 16.8 Å². The van der Waals surface area contributed by atoms with Crippen molar-refractivity contribution >= 4 is 17.0 Å². The Bertz CT molecular complexity index is 1050. The van der Waals surface area contributed by atoms with E-state index >= 15 is 0 Å². The quantitative estimate of drug-likeness (QED) is 0.402. The molecular formula is C24H21N. The van der Waals surface area contributed by atoms with Crippen LogP contribution in [0.5, 0.6) is 0 Å². The summed E-state index contributed by atoms with van der Waals surface area (Å²) in [6.45, 7) is 8.27. The van der Waals surface area contributed by atoms with Crippen molar-refractivity contribution < 1.29 is 0 Å². The van der Waals surface area contributed by atoms with Crippen molar-refractivity contribution in [2.24, 2.45) is 0 Å². The maximum Gasteiger partial charge on any atom is 0.0537 e. The summed E-state index contributed by atoms with van der Waals surface area (Å²) in [7, 11) is 0. The minimum atomic E-state index is 1.18. The number of nitrogens with zero attached hydrogens (tertiary/aromatic N) is 1. The fraction of sp³-hybridized carbons (Fsp3) is 0.0833. The van der Waals surface area contributed by atoms with Crippen LogP contribution < -0.4 is 0 Å². The Hall–Kier alpha value is -3.06. The van der Waals surface area contributed by atoms with Crippen LogP contribution in [-0.4, -0.2) is 4.57 Å². The Morgan fingerprint density at radius 3 is 2.00 bits per heavy atom. The molecule has 4 rings (SSSR count). The highest BCUT2D eigenvalue weighted by atomic mass is 15.0. The molecule has 0 atom stereocenters. The first-order chi connectivity index (χ1) is 12.2. The third-order valence-corrected chi connectivity index (χ3v) is 4.87. The second-order valence-corrected chi connectivity index (χ2v) is 6.47. The Morgan fingerprint density at radius 1 is 0.760 bits per heavy atom. The SMILES string of the molecule is C=Cc1c(C)n(-c2ccc(-c3ccc(C)cc3)cc2)c2ccccc12. The lowest BCUT2D eigenvalue weighted by molar-refractivity contribution is 1.05. The number of aryl methyl sites for hydroxylation is 1. The predicted molar refractivity (Wildman–Crippen MR) is 108 cm³/mol. The van der Waals surface area contributed by atoms with Gasteiger partial charge in [-0.3, -0.25) is 0 Å². The number of aromatic nitrogens is 1. The molecule has 0 bridgehead atoms. The summed E-state index contributed by atoms with van der Waals surface area (Å²) in [4.78, 5) is 0. The number of hydrogen-bond acceptors (Lipinski definition) is 0. The van der Waals surface area contributed by atoms with Gasteiger partial charge in [0, 0.05) is 22.3 Å². The topological polar surface area (TPSA) is 4.93 Å². The number of fused-ring (bicyclic) bond motifs is 1. The van der Waals surface area contributed by atoms with Crippen LogP contribution in [0.2, 0.25) is 0 Å². The monoisotopic (exact) mass is 323 g/mol. The summed E-state index contributed by atoms with van der Waals surface area (Å²) < 4.78 is 2.31. The van der Waals surface area contributed by atoms with Crippen molar-refractivity contribution in [1.82, 2.24) is 4.57 Å². The Kier molecular flexibility index (Phi) is 3.77. The molecule has 0 N–H and O–H groups in total. The lowest BCUT2D eigenvalue weighted by atomic mass is 10.0. The molecule has 0 unspecified atom stereocenters. The van der Waals surface area contributed by atoms with E-state index in [9.17, 15) is 0 Å². The molecule has 0 radical (unpaired) electrons. The van der Waals surface area contributed by atoms with Gasteiger partial charge in [-0.2, -0.15) is 0 Å². The molecule has 122 valence electrons. The van der Waals surface area contributed by atoms with Gasteiger partial charge in [0.2, 0.25) is 0 Å². The lowest BCUT2D eigenvalue weighted by Gasteiger charge is -2.10. The van der Waals surface area contributed by atoms with E-state index in [0.717, 1.165) is 0 Å². The number of benzene rings is 3. The normalized spacial score (nSPS) is 11.0. The van der Waals surface area contributed by atoms with E-state index in [4.69, 9.17) is 0 Å². The van der Waals surface area contributed by atoms with Crippen LogP contribution in [0.15, 0.2) is 79.4 Å². The first-order valence-electron chi connectivity index (χ1n) is 8.59. The highest BCUT2D eigenvalue weighted by Gasteiger charge is 2.12. The van der Waals surface area contributed by atoms with Gasteiger partial charge in [-0.05, 0) is 43.2 Å². The molecule has 0 aliphatic carbocycles. The molecule has 3 aromatic carbocycles. The molecule has 25 heavy (non-hydrogen) atoms. The highest BCUT2D eigenvalue weighted by molar-refractivity contribution is 5.92. The molecule has 0 amide bonds. The molecule has 0 aliphatic heterocycles. The molecular weight excluding hydrogens is 302 g/mol. The highest BCUT2D eigenvalue weighted by Crippen LogP contribution is 2.30. The van der Waals surface area contributed by atoms with Gasteiger partial charge in [-0.15, -0.1) is 0 Å². The van der Waals surface area contributed by atoms with Gasteiger partial charge in [0.05, 0.1) is 5.52 Å². The summed E-state index contributed by atoms with van der Waals surface area (Å²) in [6.07, 6.45) is 1.95. The Labute approximate surface area is 148 Å². The van der Waals surface area contributed by atoms with E-state index in [0.29, 0.717) is 0 Å². The second kappa shape index (κ2) is 6.10. The third-order valence-electron chi connectivity index (χ3n) is 4.87.